The Balaban J connectivity index is 1.86. The van der Waals surface area contributed by atoms with Crippen molar-refractivity contribution in [3.8, 4) is 0 Å². The molecular weight excluding hydrogens is 394 g/mol. The molecule has 1 amide bonds. The molecule has 1 aliphatic rings. The minimum absolute atomic E-state index is 0.260. The summed E-state index contributed by atoms with van der Waals surface area (Å²) in [6.45, 7) is 1.70. The van der Waals surface area contributed by atoms with Crippen LogP contribution >= 0.6 is 23.8 Å². The Morgan fingerprint density at radius 3 is 2.50 bits per heavy atom. The van der Waals surface area contributed by atoms with Crippen molar-refractivity contribution in [1.82, 2.24) is 10.6 Å². The Kier molecular flexibility index (Phi) is 6.23. The van der Waals surface area contributed by atoms with Crippen LogP contribution in [0.1, 0.15) is 12.5 Å². The van der Waals surface area contributed by atoms with E-state index in [1.54, 1.807) is 37.3 Å². The lowest BCUT2D eigenvalue weighted by Gasteiger charge is -2.28. The number of ketones is 1. The van der Waals surface area contributed by atoms with Crippen LogP contribution in [-0.4, -0.2) is 22.8 Å². The zero-order valence-corrected chi connectivity index (χ0v) is 16.6. The van der Waals surface area contributed by atoms with Crippen molar-refractivity contribution in [3.63, 3.8) is 0 Å². The first kappa shape index (κ1) is 19.8. The van der Waals surface area contributed by atoms with E-state index in [9.17, 15) is 9.59 Å². The number of allylic oxidation sites excluding steroid dienone is 1. The number of hydrogen-bond donors (Lipinski definition) is 3. The molecular formula is C21H18ClN3O2S. The topological polar surface area (TPSA) is 70.2 Å². The zero-order chi connectivity index (χ0) is 20.1. The van der Waals surface area contributed by atoms with Gasteiger partial charge in [-0.15, -0.1) is 0 Å². The summed E-state index contributed by atoms with van der Waals surface area (Å²) in [6.07, 6.45) is 3.14. The lowest BCUT2D eigenvalue weighted by atomic mass is 9.97. The van der Waals surface area contributed by atoms with Crippen molar-refractivity contribution in [2.45, 2.75) is 13.0 Å². The van der Waals surface area contributed by atoms with E-state index in [-0.39, 0.29) is 11.4 Å². The molecule has 2 aromatic rings. The van der Waals surface area contributed by atoms with Gasteiger partial charge in [0.15, 0.2) is 10.9 Å². The maximum atomic E-state index is 12.9. The molecule has 3 rings (SSSR count). The summed E-state index contributed by atoms with van der Waals surface area (Å²) < 4.78 is 0. The van der Waals surface area contributed by atoms with Gasteiger partial charge in [-0.3, -0.25) is 9.59 Å². The standard InChI is InChI=1S/C21H18ClN3O2S/c1-13-18(20(27)24-16-10-6-5-9-15(16)22)19(25-21(28)23-13)17(26)12-11-14-7-3-2-4-8-14/h2-12,19H,1H3,(H,24,27)(H2,23,25,28)/b12-11+. The Bertz CT molecular complexity index is 986. The van der Waals surface area contributed by atoms with Crippen LogP contribution in [0, 0.1) is 0 Å². The predicted molar refractivity (Wildman–Crippen MR) is 116 cm³/mol. The highest BCUT2D eigenvalue weighted by molar-refractivity contribution is 7.80. The van der Waals surface area contributed by atoms with Crippen molar-refractivity contribution < 1.29 is 9.59 Å². The number of nitrogens with one attached hydrogen (secondary N) is 3. The molecule has 5 nitrogen and oxygen atoms in total. The fourth-order valence-corrected chi connectivity index (χ4v) is 3.25. The van der Waals surface area contributed by atoms with Gasteiger partial charge in [0.05, 0.1) is 16.3 Å². The number of para-hydroxylation sites is 1. The summed E-state index contributed by atoms with van der Waals surface area (Å²) in [5.74, 6) is -0.712. The highest BCUT2D eigenvalue weighted by Crippen LogP contribution is 2.23. The first-order valence-corrected chi connectivity index (χ1v) is 9.35. The maximum Gasteiger partial charge on any atom is 0.255 e. The van der Waals surface area contributed by atoms with E-state index in [4.69, 9.17) is 23.8 Å². The van der Waals surface area contributed by atoms with E-state index in [2.05, 4.69) is 16.0 Å². The Morgan fingerprint density at radius 2 is 1.79 bits per heavy atom. The van der Waals surface area contributed by atoms with Gasteiger partial charge in [0, 0.05) is 5.70 Å². The molecule has 1 unspecified atom stereocenters. The van der Waals surface area contributed by atoms with Crippen LogP contribution in [0.25, 0.3) is 6.08 Å². The summed E-state index contributed by atoms with van der Waals surface area (Å²) in [5.41, 5.74) is 2.12. The van der Waals surface area contributed by atoms with E-state index in [1.807, 2.05) is 30.3 Å². The van der Waals surface area contributed by atoms with Gasteiger partial charge in [-0.05, 0) is 42.9 Å². The third-order valence-electron chi connectivity index (χ3n) is 4.16. The molecule has 1 atom stereocenters. The number of amides is 1. The molecule has 28 heavy (non-hydrogen) atoms. The van der Waals surface area contributed by atoms with Crippen LogP contribution in [0.15, 0.2) is 71.9 Å². The van der Waals surface area contributed by atoms with Crippen LogP contribution in [0.4, 0.5) is 5.69 Å². The summed E-state index contributed by atoms with van der Waals surface area (Å²) in [4.78, 5) is 25.7. The van der Waals surface area contributed by atoms with Gasteiger partial charge in [0.1, 0.15) is 6.04 Å². The maximum absolute atomic E-state index is 12.9. The highest BCUT2D eigenvalue weighted by atomic mass is 35.5. The molecule has 2 aromatic carbocycles. The molecule has 0 fully saturated rings. The normalized spacial score (nSPS) is 16.5. The summed E-state index contributed by atoms with van der Waals surface area (Å²) in [6, 6.07) is 15.4. The number of hydrogen-bond acceptors (Lipinski definition) is 3. The van der Waals surface area contributed by atoms with Gasteiger partial charge < -0.3 is 16.0 Å². The molecule has 7 heteroatoms. The Hall–Kier alpha value is -2.96. The van der Waals surface area contributed by atoms with Crippen LogP contribution in [0.5, 0.6) is 0 Å². The predicted octanol–water partition coefficient (Wildman–Crippen LogP) is 3.68. The quantitative estimate of drug-likeness (QED) is 0.517. The molecule has 0 saturated heterocycles. The Morgan fingerprint density at radius 1 is 1.11 bits per heavy atom. The lowest BCUT2D eigenvalue weighted by Crippen LogP contribution is -2.53. The third kappa shape index (κ3) is 4.65. The summed E-state index contributed by atoms with van der Waals surface area (Å²) in [5, 5.41) is 9.24. The van der Waals surface area contributed by atoms with E-state index in [0.29, 0.717) is 21.5 Å². The van der Waals surface area contributed by atoms with Gasteiger partial charge >= 0.3 is 0 Å². The van der Waals surface area contributed by atoms with Crippen LogP contribution in [0.3, 0.4) is 0 Å². The van der Waals surface area contributed by atoms with Gasteiger partial charge in [0.25, 0.3) is 5.91 Å². The molecule has 3 N–H and O–H groups in total. The highest BCUT2D eigenvalue weighted by Gasteiger charge is 2.32. The monoisotopic (exact) mass is 411 g/mol. The lowest BCUT2D eigenvalue weighted by molar-refractivity contribution is -0.118. The minimum atomic E-state index is -0.892. The third-order valence-corrected chi connectivity index (χ3v) is 4.71. The van der Waals surface area contributed by atoms with E-state index in [0.717, 1.165) is 5.56 Å². The average Bonchev–Trinajstić information content (AvgIpc) is 2.68. The molecule has 0 aliphatic carbocycles. The second-order valence-electron chi connectivity index (χ2n) is 6.15. The zero-order valence-electron chi connectivity index (χ0n) is 15.0. The Labute approximate surface area is 173 Å². The summed E-state index contributed by atoms with van der Waals surface area (Å²) >= 11 is 11.3. The number of halogens is 1. The van der Waals surface area contributed by atoms with Crippen molar-refractivity contribution in [1.29, 1.82) is 0 Å². The largest absolute Gasteiger partial charge is 0.348 e. The second-order valence-corrected chi connectivity index (χ2v) is 6.97. The molecule has 142 valence electrons. The van der Waals surface area contributed by atoms with E-state index in [1.165, 1.54) is 6.08 Å². The molecule has 0 saturated carbocycles. The molecule has 1 aliphatic heterocycles. The number of anilines is 1. The number of carbonyl (C=O) groups is 2. The first-order chi connectivity index (χ1) is 13.5. The van der Waals surface area contributed by atoms with Crippen LogP contribution in [0.2, 0.25) is 5.02 Å². The summed E-state index contributed by atoms with van der Waals surface area (Å²) in [7, 11) is 0. The van der Waals surface area contributed by atoms with E-state index >= 15 is 0 Å². The number of thiocarbonyl (C=S) groups is 1. The average molecular weight is 412 g/mol. The SMILES string of the molecule is CC1=C(C(=O)Nc2ccccc2Cl)C(C(=O)/C=C/c2ccccc2)NC(=S)N1. The number of carbonyl (C=O) groups excluding carboxylic acids is 2. The molecule has 0 radical (unpaired) electrons. The second kappa shape index (κ2) is 8.82. The smallest absolute Gasteiger partial charge is 0.255 e. The van der Waals surface area contributed by atoms with E-state index < -0.39 is 11.9 Å². The van der Waals surface area contributed by atoms with Crippen LogP contribution in [-0.2, 0) is 9.59 Å². The molecule has 1 heterocycles. The van der Waals surface area contributed by atoms with Crippen molar-refractivity contribution >= 4 is 52.4 Å². The van der Waals surface area contributed by atoms with Gasteiger partial charge in [-0.1, -0.05) is 60.1 Å². The van der Waals surface area contributed by atoms with Gasteiger partial charge in [0.2, 0.25) is 0 Å². The fourth-order valence-electron chi connectivity index (χ4n) is 2.80. The number of benzene rings is 2. The van der Waals surface area contributed by atoms with Gasteiger partial charge in [-0.2, -0.15) is 0 Å². The van der Waals surface area contributed by atoms with Crippen LogP contribution < -0.4 is 16.0 Å². The molecule has 0 aromatic heterocycles. The fraction of sp³-hybridized carbons (Fsp3) is 0.0952. The molecule has 0 bridgehead atoms. The molecule has 0 spiro atoms. The van der Waals surface area contributed by atoms with Gasteiger partial charge in [-0.25, -0.2) is 0 Å². The minimum Gasteiger partial charge on any atom is -0.348 e. The number of rotatable bonds is 5. The van der Waals surface area contributed by atoms with Crippen molar-refractivity contribution in [2.75, 3.05) is 5.32 Å². The van der Waals surface area contributed by atoms with Crippen molar-refractivity contribution in [2.24, 2.45) is 0 Å². The first-order valence-electron chi connectivity index (χ1n) is 8.57. The van der Waals surface area contributed by atoms with Crippen molar-refractivity contribution in [3.05, 3.63) is 82.5 Å².